The van der Waals surface area contributed by atoms with Crippen LogP contribution in [0, 0.1) is 5.82 Å². The third-order valence-corrected chi connectivity index (χ3v) is 7.54. The molecule has 7 nitrogen and oxygen atoms in total. The van der Waals surface area contributed by atoms with Crippen LogP contribution < -0.4 is 5.56 Å². The lowest BCUT2D eigenvalue weighted by Gasteiger charge is -2.18. The molecule has 0 bridgehead atoms. The molecule has 0 saturated carbocycles. The molecular weight excluding hydrogens is 495 g/mol. The monoisotopic (exact) mass is 516 g/mol. The third-order valence-electron chi connectivity index (χ3n) is 7.24. The van der Waals surface area contributed by atoms with Gasteiger partial charge in [-0.1, -0.05) is 42.4 Å². The lowest BCUT2D eigenvalue weighted by atomic mass is 9.95. The normalized spacial score (nSPS) is 15.8. The predicted molar refractivity (Wildman–Crippen MR) is 142 cm³/mol. The van der Waals surface area contributed by atoms with Gasteiger partial charge in [0.05, 0.1) is 28.4 Å². The molecular formula is C28H22ClFN4O3. The number of imidazole rings is 1. The van der Waals surface area contributed by atoms with Gasteiger partial charge in [0.2, 0.25) is 5.91 Å². The molecule has 5 aromatic rings. The van der Waals surface area contributed by atoms with Crippen LogP contribution in [-0.2, 0) is 11.8 Å². The zero-order valence-corrected chi connectivity index (χ0v) is 20.7. The average molecular weight is 517 g/mol. The second kappa shape index (κ2) is 8.45. The van der Waals surface area contributed by atoms with Gasteiger partial charge < -0.3 is 19.1 Å². The Balaban J connectivity index is 1.64. The first-order chi connectivity index (χ1) is 17.8. The molecule has 0 aliphatic carbocycles. The van der Waals surface area contributed by atoms with Gasteiger partial charge in [0.15, 0.2) is 11.3 Å². The summed E-state index contributed by atoms with van der Waals surface area (Å²) in [5.41, 5.74) is 0.855. The van der Waals surface area contributed by atoms with Crippen molar-refractivity contribution in [3.63, 3.8) is 0 Å². The Morgan fingerprint density at radius 3 is 2.78 bits per heavy atom. The van der Waals surface area contributed by atoms with Crippen LogP contribution in [0.5, 0.6) is 5.75 Å². The van der Waals surface area contributed by atoms with E-state index in [1.165, 1.54) is 23.8 Å². The van der Waals surface area contributed by atoms with E-state index in [-0.39, 0.29) is 39.3 Å². The molecule has 1 atom stereocenters. The van der Waals surface area contributed by atoms with Gasteiger partial charge in [-0.05, 0) is 47.0 Å². The Morgan fingerprint density at radius 2 is 2.00 bits per heavy atom. The second-order valence-electron chi connectivity index (χ2n) is 9.30. The Morgan fingerprint density at radius 1 is 1.22 bits per heavy atom. The lowest BCUT2D eigenvalue weighted by Crippen LogP contribution is -2.27. The van der Waals surface area contributed by atoms with Crippen LogP contribution in [0.2, 0.25) is 5.02 Å². The standard InChI is InChI=1S/C28H22ClFN4O3/c1-3-22(36)33-9-8-16(13-33)34-14-31-25-27(34)20-12-21(29)23(24(30)26(20)32(2)28(25)37)19-11-17(35)10-15-6-4-5-7-18(15)19/h3-7,10-12,14,16,35H,1,8-9,13H2,2H3. The van der Waals surface area contributed by atoms with E-state index in [1.807, 2.05) is 28.8 Å². The van der Waals surface area contributed by atoms with Gasteiger partial charge in [-0.15, -0.1) is 0 Å². The molecule has 0 radical (unpaired) electrons. The van der Waals surface area contributed by atoms with E-state index in [9.17, 15) is 14.7 Å². The average Bonchev–Trinajstić information content (AvgIpc) is 3.54. The van der Waals surface area contributed by atoms with E-state index >= 15 is 4.39 Å². The largest absolute Gasteiger partial charge is 0.508 e. The van der Waals surface area contributed by atoms with Crippen molar-refractivity contribution in [3.05, 3.63) is 82.6 Å². The van der Waals surface area contributed by atoms with Crippen LogP contribution in [0.3, 0.4) is 0 Å². The number of rotatable bonds is 3. The summed E-state index contributed by atoms with van der Waals surface area (Å²) in [7, 11) is 1.50. The predicted octanol–water partition coefficient (Wildman–Crippen LogP) is 5.17. The first-order valence-corrected chi connectivity index (χ1v) is 12.2. The molecule has 3 aromatic carbocycles. The number of halogens is 2. The van der Waals surface area contributed by atoms with Crippen LogP contribution in [-0.4, -0.2) is 43.1 Å². The molecule has 1 N–H and O–H groups in total. The van der Waals surface area contributed by atoms with Crippen LogP contribution in [0.15, 0.2) is 66.2 Å². The van der Waals surface area contributed by atoms with Gasteiger partial charge in [-0.3, -0.25) is 9.59 Å². The molecule has 9 heteroatoms. The molecule has 1 unspecified atom stereocenters. The highest BCUT2D eigenvalue weighted by Gasteiger charge is 2.29. The van der Waals surface area contributed by atoms with E-state index in [0.29, 0.717) is 36.0 Å². The molecule has 186 valence electrons. The maximum Gasteiger partial charge on any atom is 0.278 e. The van der Waals surface area contributed by atoms with Crippen LogP contribution in [0.4, 0.5) is 4.39 Å². The van der Waals surface area contributed by atoms with E-state index in [4.69, 9.17) is 11.6 Å². The summed E-state index contributed by atoms with van der Waals surface area (Å²) in [4.78, 5) is 31.5. The van der Waals surface area contributed by atoms with Crippen molar-refractivity contribution in [3.8, 4) is 16.9 Å². The molecule has 1 aliphatic heterocycles. The SMILES string of the molecule is C=CC(=O)N1CCC(n2cnc3c(=O)n(C)c4c(F)c(-c5cc(O)cc6ccccc56)c(Cl)cc4c32)C1. The fraction of sp³-hybridized carbons (Fsp3) is 0.179. The van der Waals surface area contributed by atoms with Gasteiger partial charge in [0.25, 0.3) is 5.56 Å². The van der Waals surface area contributed by atoms with Gasteiger partial charge in [-0.2, -0.15) is 0 Å². The summed E-state index contributed by atoms with van der Waals surface area (Å²) in [6, 6.07) is 11.9. The zero-order chi connectivity index (χ0) is 26.0. The van der Waals surface area contributed by atoms with Crippen molar-refractivity contribution < 1.29 is 14.3 Å². The van der Waals surface area contributed by atoms with Gasteiger partial charge in [0, 0.05) is 31.1 Å². The van der Waals surface area contributed by atoms with E-state index in [1.54, 1.807) is 23.4 Å². The van der Waals surface area contributed by atoms with Crippen molar-refractivity contribution in [1.29, 1.82) is 0 Å². The van der Waals surface area contributed by atoms with Crippen LogP contribution in [0.25, 0.3) is 43.8 Å². The van der Waals surface area contributed by atoms with Gasteiger partial charge >= 0.3 is 0 Å². The minimum Gasteiger partial charge on any atom is -0.508 e. The molecule has 37 heavy (non-hydrogen) atoms. The lowest BCUT2D eigenvalue weighted by molar-refractivity contribution is -0.125. The number of carbonyl (C=O) groups is 1. The van der Waals surface area contributed by atoms with E-state index in [2.05, 4.69) is 11.6 Å². The van der Waals surface area contributed by atoms with Crippen LogP contribution >= 0.6 is 11.6 Å². The number of hydrogen-bond donors (Lipinski definition) is 1. The number of pyridine rings is 1. The Bertz CT molecular complexity index is 1840. The third kappa shape index (κ3) is 3.43. The number of aromatic hydroxyl groups is 1. The second-order valence-corrected chi connectivity index (χ2v) is 9.71. The van der Waals surface area contributed by atoms with Crippen molar-refractivity contribution in [1.82, 2.24) is 19.0 Å². The quantitative estimate of drug-likeness (QED) is 0.336. The first-order valence-electron chi connectivity index (χ1n) is 11.8. The maximum absolute atomic E-state index is 16.5. The number of phenolic OH excluding ortho intramolecular Hbond substituents is 1. The number of phenols is 1. The number of benzene rings is 3. The maximum atomic E-state index is 16.5. The summed E-state index contributed by atoms with van der Waals surface area (Å²) < 4.78 is 19.5. The topological polar surface area (TPSA) is 80.4 Å². The minimum absolute atomic E-state index is 0.0217. The van der Waals surface area contributed by atoms with Crippen molar-refractivity contribution in [2.45, 2.75) is 12.5 Å². The van der Waals surface area contributed by atoms with Crippen molar-refractivity contribution in [2.75, 3.05) is 13.1 Å². The minimum atomic E-state index is -0.664. The number of aromatic nitrogens is 3. The molecule has 0 spiro atoms. The number of aryl methyl sites for hydroxylation is 1. The fourth-order valence-electron chi connectivity index (χ4n) is 5.49. The first kappa shape index (κ1) is 23.2. The van der Waals surface area contributed by atoms with Crippen molar-refractivity contribution in [2.24, 2.45) is 7.05 Å². The number of nitrogens with zero attached hydrogens (tertiary/aromatic N) is 4. The highest BCUT2D eigenvalue weighted by Crippen LogP contribution is 2.42. The zero-order valence-electron chi connectivity index (χ0n) is 19.9. The van der Waals surface area contributed by atoms with Crippen LogP contribution in [0.1, 0.15) is 12.5 Å². The molecule has 1 saturated heterocycles. The summed E-state index contributed by atoms with van der Waals surface area (Å²) in [5.74, 6) is -0.848. The van der Waals surface area contributed by atoms with Gasteiger partial charge in [-0.25, -0.2) is 9.37 Å². The van der Waals surface area contributed by atoms with Crippen molar-refractivity contribution >= 4 is 50.2 Å². The number of hydrogen-bond acceptors (Lipinski definition) is 4. The number of likely N-dealkylation sites (tertiary alicyclic amines) is 1. The molecule has 6 rings (SSSR count). The summed E-state index contributed by atoms with van der Waals surface area (Å²) >= 11 is 6.75. The summed E-state index contributed by atoms with van der Waals surface area (Å²) in [5, 5.41) is 12.4. The number of fused-ring (bicyclic) bond motifs is 4. The smallest absolute Gasteiger partial charge is 0.278 e. The van der Waals surface area contributed by atoms with Gasteiger partial charge in [0.1, 0.15) is 5.75 Å². The molecule has 2 aromatic heterocycles. The van der Waals surface area contributed by atoms with E-state index in [0.717, 1.165) is 10.8 Å². The highest BCUT2D eigenvalue weighted by atomic mass is 35.5. The fourth-order valence-corrected chi connectivity index (χ4v) is 5.78. The van der Waals surface area contributed by atoms with E-state index < -0.39 is 11.4 Å². The highest BCUT2D eigenvalue weighted by molar-refractivity contribution is 6.35. The summed E-state index contributed by atoms with van der Waals surface area (Å²) in [6.45, 7) is 4.53. The number of amides is 1. The summed E-state index contributed by atoms with van der Waals surface area (Å²) in [6.07, 6.45) is 3.51. The molecule has 1 amide bonds. The Hall–Kier alpha value is -4.17. The Kier molecular flexibility index (Phi) is 5.31. The molecule has 1 fully saturated rings. The number of carbonyl (C=O) groups excluding carboxylic acids is 1. The molecule has 1 aliphatic rings. The molecule has 3 heterocycles. The Labute approximate surface area is 215 Å².